The molecule has 12 nitrogen and oxygen atoms in total. The van der Waals surface area contributed by atoms with Gasteiger partial charge in [0.2, 0.25) is 0 Å². The number of nitrogens with two attached hydrogens (primary N) is 1. The monoisotopic (exact) mass is 505 g/mol. The molecule has 0 aliphatic carbocycles. The van der Waals surface area contributed by atoms with E-state index in [0.717, 1.165) is 0 Å². The van der Waals surface area contributed by atoms with Crippen LogP contribution in [0.25, 0.3) is 16.6 Å². The number of urea groups is 1. The zero-order valence-corrected chi connectivity index (χ0v) is 20.6. The fourth-order valence-electron chi connectivity index (χ4n) is 3.75. The molecule has 5 N–H and O–H groups in total. The number of ether oxygens (including phenoxy) is 3. The van der Waals surface area contributed by atoms with Crippen LogP contribution in [0.1, 0.15) is 10.4 Å². The Morgan fingerprint density at radius 2 is 1.65 bits per heavy atom. The Bertz CT molecular complexity index is 1400. The number of nitrogens with one attached hydrogen (secondary N) is 3. The van der Waals surface area contributed by atoms with Crippen LogP contribution in [0.15, 0.2) is 55.0 Å². The number of aromatic nitrogens is 3. The number of carbonyl (C=O) groups excluding carboxylic acids is 2. The number of hydrogen-bond acceptors (Lipinski definition) is 8. The SMILES string of the molecule is COCCNC(=O)c1cn2ncnc(N)c2c1-c1ccc(NC(=O)Nc2cc(OC)cc(OC)c2)cc1. The minimum atomic E-state index is -0.451. The fraction of sp³-hybridized carbons (Fsp3) is 0.200. The predicted molar refractivity (Wildman–Crippen MR) is 139 cm³/mol. The van der Waals surface area contributed by atoms with Crippen molar-refractivity contribution in [2.24, 2.45) is 0 Å². The van der Waals surface area contributed by atoms with Gasteiger partial charge < -0.3 is 35.9 Å². The van der Waals surface area contributed by atoms with Crippen LogP contribution >= 0.6 is 0 Å². The smallest absolute Gasteiger partial charge is 0.323 e. The number of anilines is 3. The van der Waals surface area contributed by atoms with Crippen molar-refractivity contribution in [3.05, 3.63) is 60.6 Å². The van der Waals surface area contributed by atoms with Gasteiger partial charge in [0.15, 0.2) is 5.82 Å². The second-order valence-corrected chi connectivity index (χ2v) is 7.86. The van der Waals surface area contributed by atoms with Crippen molar-refractivity contribution >= 4 is 34.6 Å². The molecule has 12 heteroatoms. The summed E-state index contributed by atoms with van der Waals surface area (Å²) in [7, 11) is 4.62. The first-order valence-electron chi connectivity index (χ1n) is 11.2. The molecule has 0 aliphatic rings. The van der Waals surface area contributed by atoms with Crippen molar-refractivity contribution in [1.29, 1.82) is 0 Å². The van der Waals surface area contributed by atoms with Gasteiger partial charge in [0.25, 0.3) is 5.91 Å². The molecule has 0 saturated heterocycles. The van der Waals surface area contributed by atoms with Gasteiger partial charge >= 0.3 is 6.03 Å². The highest BCUT2D eigenvalue weighted by atomic mass is 16.5. The summed E-state index contributed by atoms with van der Waals surface area (Å²) in [4.78, 5) is 29.6. The Hall–Kier alpha value is -4.84. The highest BCUT2D eigenvalue weighted by Crippen LogP contribution is 2.33. The van der Waals surface area contributed by atoms with Crippen LogP contribution in [0, 0.1) is 0 Å². The Labute approximate surface area is 212 Å². The number of benzene rings is 2. The third-order valence-corrected chi connectivity index (χ3v) is 5.48. The fourth-order valence-corrected chi connectivity index (χ4v) is 3.75. The van der Waals surface area contributed by atoms with Gasteiger partial charge in [-0.25, -0.2) is 14.3 Å². The minimum absolute atomic E-state index is 0.233. The van der Waals surface area contributed by atoms with Crippen LogP contribution in [0.2, 0.25) is 0 Å². The van der Waals surface area contributed by atoms with Gasteiger partial charge in [-0.2, -0.15) is 5.10 Å². The van der Waals surface area contributed by atoms with Crippen molar-refractivity contribution in [3.63, 3.8) is 0 Å². The van der Waals surface area contributed by atoms with Crippen molar-refractivity contribution in [1.82, 2.24) is 19.9 Å². The lowest BCUT2D eigenvalue weighted by Crippen LogP contribution is -2.27. The minimum Gasteiger partial charge on any atom is -0.497 e. The van der Waals surface area contributed by atoms with E-state index in [-0.39, 0.29) is 11.7 Å². The molecule has 2 aromatic heterocycles. The van der Waals surface area contributed by atoms with Gasteiger partial charge in [-0.3, -0.25) is 4.79 Å². The summed E-state index contributed by atoms with van der Waals surface area (Å²) < 4.78 is 17.0. The highest BCUT2D eigenvalue weighted by Gasteiger charge is 2.21. The van der Waals surface area contributed by atoms with Gasteiger partial charge in [-0.05, 0) is 17.7 Å². The molecule has 3 amide bonds. The van der Waals surface area contributed by atoms with Gasteiger partial charge in [-0.1, -0.05) is 12.1 Å². The Balaban J connectivity index is 1.57. The summed E-state index contributed by atoms with van der Waals surface area (Å²) in [5.41, 5.74) is 9.34. The maximum atomic E-state index is 12.9. The van der Waals surface area contributed by atoms with Crippen LogP contribution in [-0.2, 0) is 4.74 Å². The van der Waals surface area contributed by atoms with Crippen molar-refractivity contribution in [3.8, 4) is 22.6 Å². The van der Waals surface area contributed by atoms with E-state index in [0.29, 0.717) is 58.2 Å². The normalized spacial score (nSPS) is 10.7. The molecule has 37 heavy (non-hydrogen) atoms. The van der Waals surface area contributed by atoms with E-state index < -0.39 is 6.03 Å². The maximum absolute atomic E-state index is 12.9. The number of carbonyl (C=O) groups is 2. The number of nitrogen functional groups attached to an aromatic ring is 1. The summed E-state index contributed by atoms with van der Waals surface area (Å²) in [6.45, 7) is 0.723. The van der Waals surface area contributed by atoms with E-state index in [1.807, 2.05) is 0 Å². The number of nitrogens with zero attached hydrogens (tertiary/aromatic N) is 3. The average molecular weight is 506 g/mol. The summed E-state index contributed by atoms with van der Waals surface area (Å²) in [6.07, 6.45) is 2.93. The average Bonchev–Trinajstić information content (AvgIpc) is 3.30. The summed E-state index contributed by atoms with van der Waals surface area (Å²) in [5.74, 6) is 1.02. The predicted octanol–water partition coefficient (Wildman–Crippen LogP) is 3.02. The van der Waals surface area contributed by atoms with Gasteiger partial charge in [-0.15, -0.1) is 0 Å². The molecule has 0 bridgehead atoms. The van der Waals surface area contributed by atoms with E-state index in [1.54, 1.807) is 55.8 Å². The first-order valence-corrected chi connectivity index (χ1v) is 11.2. The molecule has 0 unspecified atom stereocenters. The Kier molecular flexibility index (Phi) is 7.69. The summed E-state index contributed by atoms with van der Waals surface area (Å²) in [6, 6.07) is 11.6. The molecule has 0 atom stereocenters. The number of hydrogen-bond donors (Lipinski definition) is 4. The van der Waals surface area contributed by atoms with Crippen LogP contribution < -0.4 is 31.2 Å². The summed E-state index contributed by atoms with van der Waals surface area (Å²) >= 11 is 0. The van der Waals surface area contributed by atoms with Crippen LogP contribution in [0.5, 0.6) is 11.5 Å². The van der Waals surface area contributed by atoms with Crippen LogP contribution in [0.4, 0.5) is 22.0 Å². The van der Waals surface area contributed by atoms with Crippen molar-refractivity contribution in [2.45, 2.75) is 0 Å². The molecular weight excluding hydrogens is 478 g/mol. The molecule has 4 rings (SSSR count). The molecule has 0 saturated carbocycles. The lowest BCUT2D eigenvalue weighted by Gasteiger charge is -2.11. The molecular formula is C25H27N7O5. The van der Waals surface area contributed by atoms with Gasteiger partial charge in [0, 0.05) is 55.0 Å². The zero-order chi connectivity index (χ0) is 26.4. The molecule has 2 aromatic carbocycles. The van der Waals surface area contributed by atoms with Gasteiger partial charge in [0.1, 0.15) is 23.3 Å². The molecule has 0 radical (unpaired) electrons. The molecule has 2 heterocycles. The van der Waals surface area contributed by atoms with Gasteiger partial charge in [0.05, 0.1) is 26.4 Å². The quantitative estimate of drug-likeness (QED) is 0.253. The molecule has 0 aliphatic heterocycles. The van der Waals surface area contributed by atoms with Crippen molar-refractivity contribution in [2.75, 3.05) is 50.8 Å². The second kappa shape index (κ2) is 11.3. The van der Waals surface area contributed by atoms with Crippen LogP contribution in [0.3, 0.4) is 0 Å². The molecule has 4 aromatic rings. The number of rotatable bonds is 9. The van der Waals surface area contributed by atoms with E-state index in [9.17, 15) is 9.59 Å². The Morgan fingerprint density at radius 1 is 0.973 bits per heavy atom. The zero-order valence-electron chi connectivity index (χ0n) is 20.6. The topological polar surface area (TPSA) is 154 Å². The Morgan fingerprint density at radius 3 is 2.30 bits per heavy atom. The first-order chi connectivity index (χ1) is 17.9. The molecule has 192 valence electrons. The molecule has 0 spiro atoms. The largest absolute Gasteiger partial charge is 0.497 e. The van der Waals surface area contributed by atoms with E-state index >= 15 is 0 Å². The number of fused-ring (bicyclic) bond motifs is 1. The first kappa shape index (κ1) is 25.3. The highest BCUT2D eigenvalue weighted by molar-refractivity contribution is 6.07. The van der Waals surface area contributed by atoms with E-state index in [2.05, 4.69) is 26.0 Å². The summed E-state index contributed by atoms with van der Waals surface area (Å²) in [5, 5.41) is 12.5. The van der Waals surface area contributed by atoms with Crippen molar-refractivity contribution < 1.29 is 23.8 Å². The maximum Gasteiger partial charge on any atom is 0.323 e. The second-order valence-electron chi connectivity index (χ2n) is 7.86. The van der Waals surface area contributed by atoms with Crippen LogP contribution in [-0.4, -0.2) is 61.0 Å². The third-order valence-electron chi connectivity index (χ3n) is 5.48. The van der Waals surface area contributed by atoms with E-state index in [1.165, 1.54) is 25.1 Å². The molecule has 0 fully saturated rings. The number of amides is 3. The lowest BCUT2D eigenvalue weighted by atomic mass is 10.0. The lowest BCUT2D eigenvalue weighted by molar-refractivity contribution is 0.0937. The standard InChI is InChI=1S/C25H27N7O5/c1-35-9-8-27-24(33)20-13-32-22(23(26)28-14-29-32)21(20)15-4-6-16(7-5-15)30-25(34)31-17-10-18(36-2)12-19(11-17)37-3/h4-7,10-14H,8-9H2,1-3H3,(H,27,33)(H2,26,28,29)(H2,30,31,34). The third kappa shape index (κ3) is 5.70. The van der Waals surface area contributed by atoms with E-state index in [4.69, 9.17) is 19.9 Å². The number of methoxy groups -OCH3 is 3.